The van der Waals surface area contributed by atoms with Crippen molar-refractivity contribution < 1.29 is 9.13 Å². The number of aromatic nitrogens is 1. The van der Waals surface area contributed by atoms with Gasteiger partial charge in [-0.1, -0.05) is 11.6 Å². The molecule has 1 aliphatic heterocycles. The molecule has 1 fully saturated rings. The number of hydrogen-bond donors (Lipinski definition) is 2. The molecule has 26 heavy (non-hydrogen) atoms. The van der Waals surface area contributed by atoms with Gasteiger partial charge >= 0.3 is 0 Å². The number of nitrogens with zero attached hydrogens (tertiary/aromatic N) is 1. The molecule has 0 amide bonds. The average Bonchev–Trinajstić information content (AvgIpc) is 2.94. The monoisotopic (exact) mass is 371 g/mol. The summed E-state index contributed by atoms with van der Waals surface area (Å²) in [6, 6.07) is 10.1. The van der Waals surface area contributed by atoms with E-state index in [4.69, 9.17) is 27.5 Å². The second-order valence-electron chi connectivity index (χ2n) is 6.54. The van der Waals surface area contributed by atoms with Gasteiger partial charge in [0.25, 0.3) is 0 Å². The molecule has 0 radical (unpaired) electrons. The number of ether oxygens (including phenoxy) is 1. The Balaban J connectivity index is 2.03. The van der Waals surface area contributed by atoms with Gasteiger partial charge in [-0.3, -0.25) is 0 Å². The minimum absolute atomic E-state index is 0.248. The van der Waals surface area contributed by atoms with Gasteiger partial charge in [0.1, 0.15) is 5.82 Å². The van der Waals surface area contributed by atoms with Crippen LogP contribution in [0.25, 0.3) is 16.6 Å². The summed E-state index contributed by atoms with van der Waals surface area (Å²) in [5.74, 6) is -0.0355. The first kappa shape index (κ1) is 17.1. The Bertz CT molecular complexity index is 975. The first-order valence-electron chi connectivity index (χ1n) is 8.57. The molecule has 1 saturated heterocycles. The standard InChI is InChI=1S/C20H19ClFN3O/c21-19-16-10-17(24)13(11-23)9-18(16)25(15-3-1-14(22)2-4-15)20(19)12-5-7-26-8-6-12/h1-4,9-12,23H,5-8,24H2. The predicted molar refractivity (Wildman–Crippen MR) is 103 cm³/mol. The highest BCUT2D eigenvalue weighted by Gasteiger charge is 2.26. The molecule has 3 N–H and O–H groups in total. The number of nitrogen functional groups attached to an aromatic ring is 1. The molecule has 1 aliphatic rings. The van der Waals surface area contributed by atoms with E-state index in [-0.39, 0.29) is 11.7 Å². The highest BCUT2D eigenvalue weighted by Crippen LogP contribution is 2.42. The lowest BCUT2D eigenvalue weighted by Gasteiger charge is -2.24. The Hall–Kier alpha value is -2.37. The number of nitrogens with one attached hydrogen (secondary N) is 1. The smallest absolute Gasteiger partial charge is 0.123 e. The zero-order valence-corrected chi connectivity index (χ0v) is 14.9. The number of nitrogens with two attached hydrogens (primary N) is 1. The van der Waals surface area contributed by atoms with Crippen molar-refractivity contribution in [2.24, 2.45) is 0 Å². The molecule has 0 bridgehead atoms. The Morgan fingerprint density at radius 3 is 2.54 bits per heavy atom. The minimum Gasteiger partial charge on any atom is -0.398 e. The van der Waals surface area contributed by atoms with E-state index >= 15 is 0 Å². The van der Waals surface area contributed by atoms with Gasteiger partial charge in [0.15, 0.2) is 0 Å². The van der Waals surface area contributed by atoms with Gasteiger partial charge in [-0.15, -0.1) is 0 Å². The lowest BCUT2D eigenvalue weighted by Crippen LogP contribution is -2.17. The van der Waals surface area contributed by atoms with Crippen molar-refractivity contribution in [1.29, 1.82) is 5.41 Å². The molecule has 0 aliphatic carbocycles. The maximum Gasteiger partial charge on any atom is 0.123 e. The lowest BCUT2D eigenvalue weighted by atomic mass is 9.96. The van der Waals surface area contributed by atoms with Crippen molar-refractivity contribution in [3.05, 3.63) is 58.5 Å². The molecule has 134 valence electrons. The Morgan fingerprint density at radius 2 is 1.88 bits per heavy atom. The lowest BCUT2D eigenvalue weighted by molar-refractivity contribution is 0.0843. The van der Waals surface area contributed by atoms with Crippen LogP contribution in [0.1, 0.15) is 30.0 Å². The van der Waals surface area contributed by atoms with E-state index in [1.807, 2.05) is 12.1 Å². The molecule has 2 heterocycles. The molecule has 4 rings (SSSR count). The number of hydrogen-bond acceptors (Lipinski definition) is 3. The molecular weight excluding hydrogens is 353 g/mol. The van der Waals surface area contributed by atoms with Gasteiger partial charge in [-0.05, 0) is 49.2 Å². The van der Waals surface area contributed by atoms with Crippen molar-refractivity contribution in [3.8, 4) is 5.69 Å². The third-order valence-corrected chi connectivity index (χ3v) is 5.39. The third-order valence-electron chi connectivity index (χ3n) is 4.99. The van der Waals surface area contributed by atoms with Crippen LogP contribution in [-0.4, -0.2) is 24.0 Å². The number of benzene rings is 2. The van der Waals surface area contributed by atoms with Gasteiger partial charge in [0.2, 0.25) is 0 Å². The highest BCUT2D eigenvalue weighted by atomic mass is 35.5. The zero-order chi connectivity index (χ0) is 18.3. The summed E-state index contributed by atoms with van der Waals surface area (Å²) in [4.78, 5) is 0. The summed E-state index contributed by atoms with van der Waals surface area (Å²) >= 11 is 6.80. The van der Waals surface area contributed by atoms with E-state index in [9.17, 15) is 4.39 Å². The van der Waals surface area contributed by atoms with Crippen molar-refractivity contribution >= 4 is 34.4 Å². The van der Waals surface area contributed by atoms with E-state index in [0.29, 0.717) is 29.5 Å². The van der Waals surface area contributed by atoms with Gasteiger partial charge < -0.3 is 20.4 Å². The topological polar surface area (TPSA) is 64.0 Å². The first-order valence-corrected chi connectivity index (χ1v) is 8.95. The van der Waals surface area contributed by atoms with Gasteiger partial charge in [0.05, 0.1) is 10.5 Å². The van der Waals surface area contributed by atoms with Crippen LogP contribution >= 0.6 is 11.6 Å². The van der Waals surface area contributed by atoms with Crippen LogP contribution in [0.2, 0.25) is 5.02 Å². The van der Waals surface area contributed by atoms with E-state index in [0.717, 1.165) is 35.1 Å². The fraction of sp³-hybridized carbons (Fsp3) is 0.250. The maximum atomic E-state index is 13.5. The molecular formula is C20H19ClFN3O. The Kier molecular flexibility index (Phi) is 4.42. The van der Waals surface area contributed by atoms with Gasteiger partial charge in [-0.25, -0.2) is 4.39 Å². The normalized spacial score (nSPS) is 15.5. The van der Waals surface area contributed by atoms with Crippen molar-refractivity contribution in [1.82, 2.24) is 4.57 Å². The van der Waals surface area contributed by atoms with Crippen molar-refractivity contribution in [2.45, 2.75) is 18.8 Å². The highest BCUT2D eigenvalue weighted by molar-refractivity contribution is 6.37. The predicted octanol–water partition coefficient (Wildman–Crippen LogP) is 4.90. The summed E-state index contributed by atoms with van der Waals surface area (Å²) in [5, 5.41) is 9.12. The molecule has 4 nitrogen and oxygen atoms in total. The van der Waals surface area contributed by atoms with Crippen LogP contribution in [0.4, 0.5) is 10.1 Å². The number of anilines is 1. The zero-order valence-electron chi connectivity index (χ0n) is 14.1. The number of halogens is 2. The Labute approximate surface area is 155 Å². The molecule has 6 heteroatoms. The second-order valence-corrected chi connectivity index (χ2v) is 6.92. The fourth-order valence-corrected chi connectivity index (χ4v) is 4.06. The second kappa shape index (κ2) is 6.74. The van der Waals surface area contributed by atoms with E-state index in [1.165, 1.54) is 18.3 Å². The van der Waals surface area contributed by atoms with Crippen LogP contribution < -0.4 is 5.73 Å². The van der Waals surface area contributed by atoms with Crippen LogP contribution in [-0.2, 0) is 4.74 Å². The van der Waals surface area contributed by atoms with Gasteiger partial charge in [0, 0.05) is 53.4 Å². The van der Waals surface area contributed by atoms with Crippen LogP contribution in [0.3, 0.4) is 0 Å². The summed E-state index contributed by atoms with van der Waals surface area (Å²) in [7, 11) is 0. The molecule has 0 unspecified atom stereocenters. The molecule has 0 spiro atoms. The Morgan fingerprint density at radius 1 is 1.19 bits per heavy atom. The largest absolute Gasteiger partial charge is 0.398 e. The van der Waals surface area contributed by atoms with E-state index < -0.39 is 0 Å². The quantitative estimate of drug-likeness (QED) is 0.508. The molecule has 3 aromatic rings. The summed E-state index contributed by atoms with van der Waals surface area (Å²) < 4.78 is 21.0. The SMILES string of the molecule is N=Cc1cc2c(cc1N)c(Cl)c(C1CCOCC1)n2-c1ccc(F)cc1. The first-order chi connectivity index (χ1) is 12.6. The van der Waals surface area contributed by atoms with E-state index in [2.05, 4.69) is 4.57 Å². The van der Waals surface area contributed by atoms with E-state index in [1.54, 1.807) is 12.1 Å². The summed E-state index contributed by atoms with van der Waals surface area (Å²) in [6.07, 6.45) is 2.99. The molecule has 0 saturated carbocycles. The fourth-order valence-electron chi connectivity index (χ4n) is 3.67. The summed E-state index contributed by atoms with van der Waals surface area (Å²) in [5.41, 5.74) is 9.93. The maximum absolute atomic E-state index is 13.5. The van der Waals surface area contributed by atoms with Gasteiger partial charge in [-0.2, -0.15) is 0 Å². The number of rotatable bonds is 3. The third kappa shape index (κ3) is 2.77. The van der Waals surface area contributed by atoms with Crippen LogP contribution in [0.5, 0.6) is 0 Å². The van der Waals surface area contributed by atoms with Crippen LogP contribution in [0, 0.1) is 11.2 Å². The van der Waals surface area contributed by atoms with Crippen molar-refractivity contribution in [2.75, 3.05) is 18.9 Å². The average molecular weight is 372 g/mol. The summed E-state index contributed by atoms with van der Waals surface area (Å²) in [6.45, 7) is 1.39. The molecule has 1 aromatic heterocycles. The van der Waals surface area contributed by atoms with Crippen molar-refractivity contribution in [3.63, 3.8) is 0 Å². The molecule has 2 aromatic carbocycles. The number of fused-ring (bicyclic) bond motifs is 1. The molecule has 0 atom stereocenters. The van der Waals surface area contributed by atoms with Crippen LogP contribution in [0.15, 0.2) is 36.4 Å². The minimum atomic E-state index is -0.284.